The summed E-state index contributed by atoms with van der Waals surface area (Å²) in [6.45, 7) is 5.47. The van der Waals surface area contributed by atoms with Crippen LogP contribution in [0.25, 0.3) is 0 Å². The van der Waals surface area contributed by atoms with Gasteiger partial charge >= 0.3 is 0 Å². The van der Waals surface area contributed by atoms with Crippen molar-refractivity contribution in [3.8, 4) is 0 Å². The lowest BCUT2D eigenvalue weighted by Crippen LogP contribution is -2.27. The van der Waals surface area contributed by atoms with Gasteiger partial charge in [-0.25, -0.2) is 4.98 Å². The smallest absolute Gasteiger partial charge is 0.129 e. The maximum absolute atomic E-state index is 5.75. The monoisotopic (exact) mass is 225 g/mol. The predicted molar refractivity (Wildman–Crippen MR) is 62.0 cm³/mol. The highest BCUT2D eigenvalue weighted by Gasteiger charge is 2.08. The van der Waals surface area contributed by atoms with E-state index in [1.54, 1.807) is 0 Å². The molecule has 1 saturated heterocycles. The van der Waals surface area contributed by atoms with Crippen LogP contribution >= 0.6 is 11.6 Å². The number of aromatic nitrogens is 1. The molecule has 1 N–H and O–H groups in total. The third-order valence-electron chi connectivity index (χ3n) is 2.63. The van der Waals surface area contributed by atoms with E-state index in [-0.39, 0.29) is 0 Å². The van der Waals surface area contributed by atoms with Gasteiger partial charge in [-0.2, -0.15) is 0 Å². The van der Waals surface area contributed by atoms with Crippen molar-refractivity contribution in [2.45, 2.75) is 13.0 Å². The molecule has 0 amide bonds. The fourth-order valence-corrected chi connectivity index (χ4v) is 1.93. The van der Waals surface area contributed by atoms with Crippen LogP contribution in [0, 0.1) is 0 Å². The molecule has 15 heavy (non-hydrogen) atoms. The molecule has 2 heterocycles. The standard InChI is InChI=1S/C11H16ClN3/c12-11-3-2-10(8-14-11)9-15-6-1-4-13-5-7-15/h2-3,8,13H,1,4-7,9H2. The summed E-state index contributed by atoms with van der Waals surface area (Å²) in [6.07, 6.45) is 3.08. The van der Waals surface area contributed by atoms with Crippen LogP contribution in [0.3, 0.4) is 0 Å². The van der Waals surface area contributed by atoms with Crippen LogP contribution in [-0.2, 0) is 6.54 Å². The van der Waals surface area contributed by atoms with E-state index in [2.05, 4.69) is 15.2 Å². The van der Waals surface area contributed by atoms with Crippen molar-refractivity contribution in [2.75, 3.05) is 26.2 Å². The summed E-state index contributed by atoms with van der Waals surface area (Å²) in [4.78, 5) is 6.54. The van der Waals surface area contributed by atoms with Crippen LogP contribution in [0.1, 0.15) is 12.0 Å². The van der Waals surface area contributed by atoms with E-state index in [0.29, 0.717) is 5.15 Å². The van der Waals surface area contributed by atoms with Crippen molar-refractivity contribution < 1.29 is 0 Å². The molecule has 82 valence electrons. The third-order valence-corrected chi connectivity index (χ3v) is 2.85. The van der Waals surface area contributed by atoms with Crippen molar-refractivity contribution in [3.63, 3.8) is 0 Å². The van der Waals surface area contributed by atoms with E-state index in [9.17, 15) is 0 Å². The molecule has 1 aromatic heterocycles. The van der Waals surface area contributed by atoms with Gasteiger partial charge in [-0.15, -0.1) is 0 Å². The number of hydrogen-bond donors (Lipinski definition) is 1. The van der Waals surface area contributed by atoms with Gasteiger partial charge in [-0.3, -0.25) is 4.90 Å². The minimum Gasteiger partial charge on any atom is -0.315 e. The number of nitrogens with one attached hydrogen (secondary N) is 1. The molecule has 1 aromatic rings. The van der Waals surface area contributed by atoms with Crippen molar-refractivity contribution in [3.05, 3.63) is 29.0 Å². The molecule has 1 fully saturated rings. The Hall–Kier alpha value is -0.640. The second kappa shape index (κ2) is 5.45. The van der Waals surface area contributed by atoms with E-state index < -0.39 is 0 Å². The molecule has 1 aliphatic rings. The Morgan fingerprint density at radius 2 is 2.27 bits per heavy atom. The first-order chi connectivity index (χ1) is 7.34. The second-order valence-corrected chi connectivity index (χ2v) is 4.26. The molecule has 4 heteroatoms. The van der Waals surface area contributed by atoms with E-state index in [1.165, 1.54) is 12.0 Å². The number of nitrogens with zero attached hydrogens (tertiary/aromatic N) is 2. The average Bonchev–Trinajstić information content (AvgIpc) is 2.50. The zero-order chi connectivity index (χ0) is 10.5. The largest absolute Gasteiger partial charge is 0.315 e. The van der Waals surface area contributed by atoms with Crippen LogP contribution in [0.4, 0.5) is 0 Å². The van der Waals surface area contributed by atoms with Gasteiger partial charge in [-0.05, 0) is 31.1 Å². The zero-order valence-electron chi connectivity index (χ0n) is 8.75. The number of rotatable bonds is 2. The van der Waals surface area contributed by atoms with Gasteiger partial charge in [0, 0.05) is 25.8 Å². The van der Waals surface area contributed by atoms with E-state index >= 15 is 0 Å². The van der Waals surface area contributed by atoms with Gasteiger partial charge < -0.3 is 5.32 Å². The lowest BCUT2D eigenvalue weighted by Gasteiger charge is -2.18. The molecule has 0 atom stereocenters. The van der Waals surface area contributed by atoms with E-state index in [0.717, 1.165) is 32.7 Å². The first-order valence-corrected chi connectivity index (χ1v) is 5.76. The lowest BCUT2D eigenvalue weighted by atomic mass is 10.2. The molecule has 0 bridgehead atoms. The molecular weight excluding hydrogens is 210 g/mol. The highest BCUT2D eigenvalue weighted by atomic mass is 35.5. The van der Waals surface area contributed by atoms with Gasteiger partial charge in [0.25, 0.3) is 0 Å². The summed E-state index contributed by atoms with van der Waals surface area (Å²) in [5, 5.41) is 3.96. The molecule has 0 radical (unpaired) electrons. The van der Waals surface area contributed by atoms with Crippen molar-refractivity contribution >= 4 is 11.6 Å². The summed E-state index contributed by atoms with van der Waals surface area (Å²) in [7, 11) is 0. The van der Waals surface area contributed by atoms with Crippen LogP contribution in [0.2, 0.25) is 5.15 Å². The number of pyridine rings is 1. The van der Waals surface area contributed by atoms with E-state index in [1.807, 2.05) is 18.3 Å². The van der Waals surface area contributed by atoms with Gasteiger partial charge in [0.15, 0.2) is 0 Å². The van der Waals surface area contributed by atoms with Crippen LogP contribution in [-0.4, -0.2) is 36.1 Å². The predicted octanol–water partition coefficient (Wildman–Crippen LogP) is 1.53. The second-order valence-electron chi connectivity index (χ2n) is 3.87. The fourth-order valence-electron chi connectivity index (χ4n) is 1.82. The van der Waals surface area contributed by atoms with Crippen molar-refractivity contribution in [2.24, 2.45) is 0 Å². The molecule has 1 aliphatic heterocycles. The Morgan fingerprint density at radius 1 is 1.33 bits per heavy atom. The molecule has 3 nitrogen and oxygen atoms in total. The summed E-state index contributed by atoms with van der Waals surface area (Å²) < 4.78 is 0. The van der Waals surface area contributed by atoms with Gasteiger partial charge in [0.1, 0.15) is 5.15 Å². The number of hydrogen-bond acceptors (Lipinski definition) is 3. The Labute approximate surface area is 95.4 Å². The maximum Gasteiger partial charge on any atom is 0.129 e. The minimum atomic E-state index is 0.566. The molecular formula is C11H16ClN3. The molecule has 0 unspecified atom stereocenters. The molecule has 0 aromatic carbocycles. The van der Waals surface area contributed by atoms with Crippen molar-refractivity contribution in [1.82, 2.24) is 15.2 Å². The Bertz CT molecular complexity index is 291. The van der Waals surface area contributed by atoms with Gasteiger partial charge in [-0.1, -0.05) is 17.7 Å². The summed E-state index contributed by atoms with van der Waals surface area (Å²) in [5.74, 6) is 0. The highest BCUT2D eigenvalue weighted by molar-refractivity contribution is 6.29. The maximum atomic E-state index is 5.75. The molecule has 2 rings (SSSR count). The molecule has 0 spiro atoms. The third kappa shape index (κ3) is 3.45. The SMILES string of the molecule is Clc1ccc(CN2CCCNCC2)cn1. The summed E-state index contributed by atoms with van der Waals surface area (Å²) in [6, 6.07) is 3.90. The van der Waals surface area contributed by atoms with Gasteiger partial charge in [0.2, 0.25) is 0 Å². The van der Waals surface area contributed by atoms with E-state index in [4.69, 9.17) is 11.6 Å². The van der Waals surface area contributed by atoms with Crippen LogP contribution in [0.15, 0.2) is 18.3 Å². The quantitative estimate of drug-likeness (QED) is 0.774. The summed E-state index contributed by atoms with van der Waals surface area (Å²) >= 11 is 5.75. The minimum absolute atomic E-state index is 0.566. The molecule has 0 saturated carbocycles. The Balaban J connectivity index is 1.92. The van der Waals surface area contributed by atoms with Crippen LogP contribution in [0.5, 0.6) is 0 Å². The normalized spacial score (nSPS) is 18.7. The first kappa shape index (κ1) is 10.9. The highest BCUT2D eigenvalue weighted by Crippen LogP contribution is 2.08. The molecule has 0 aliphatic carbocycles. The van der Waals surface area contributed by atoms with Crippen molar-refractivity contribution in [1.29, 1.82) is 0 Å². The summed E-state index contributed by atoms with van der Waals surface area (Å²) in [5.41, 5.74) is 1.24. The zero-order valence-corrected chi connectivity index (χ0v) is 9.50. The topological polar surface area (TPSA) is 28.2 Å². The average molecular weight is 226 g/mol. The lowest BCUT2D eigenvalue weighted by molar-refractivity contribution is 0.284. The Kier molecular flexibility index (Phi) is 3.94. The number of halogens is 1. The fraction of sp³-hybridized carbons (Fsp3) is 0.545. The van der Waals surface area contributed by atoms with Gasteiger partial charge in [0.05, 0.1) is 0 Å². The Morgan fingerprint density at radius 3 is 3.07 bits per heavy atom. The van der Waals surface area contributed by atoms with Crippen LogP contribution < -0.4 is 5.32 Å². The first-order valence-electron chi connectivity index (χ1n) is 5.38.